The molecule has 0 aliphatic rings. The second-order valence-electron chi connectivity index (χ2n) is 7.48. The van der Waals surface area contributed by atoms with Gasteiger partial charge in [0.1, 0.15) is 16.2 Å². The molecule has 0 bridgehead atoms. The molecule has 0 aliphatic heterocycles. The lowest BCUT2D eigenvalue weighted by atomic mass is 9.84. The fourth-order valence-electron chi connectivity index (χ4n) is 3.46. The zero-order chi connectivity index (χ0) is 19.4. The second-order valence-corrected chi connectivity index (χ2v) is 8.20. The molecule has 3 aromatic rings. The number of hydrogen-bond acceptors (Lipinski definition) is 2. The van der Waals surface area contributed by atoms with Gasteiger partial charge in [-0.2, -0.15) is 0 Å². The van der Waals surface area contributed by atoms with E-state index in [0.717, 1.165) is 11.1 Å². The van der Waals surface area contributed by atoms with Gasteiger partial charge in [-0.05, 0) is 42.0 Å². The van der Waals surface area contributed by atoms with Crippen LogP contribution < -0.4 is 0 Å². The Kier molecular flexibility index (Phi) is 5.91. The van der Waals surface area contributed by atoms with Crippen LogP contribution in [0.25, 0.3) is 10.9 Å². The fourth-order valence-corrected chi connectivity index (χ4v) is 3.99. The SMILES string of the molecule is CC(C)C[C@@](Cl)(Cc1ccccc1)C(=O)Cc1cnc2c(F)cccc2c1. The van der Waals surface area contributed by atoms with Crippen molar-refractivity contribution in [1.29, 1.82) is 0 Å². The van der Waals surface area contributed by atoms with Crippen LogP contribution in [0.15, 0.2) is 60.8 Å². The highest BCUT2D eigenvalue weighted by atomic mass is 35.5. The molecule has 1 aromatic heterocycles. The Bertz CT molecular complexity index is 942. The Balaban J connectivity index is 1.85. The number of Topliss-reactive ketones (excluding diaryl/α,β-unsaturated/α-hetero) is 1. The minimum atomic E-state index is -0.966. The second kappa shape index (κ2) is 8.18. The number of nitrogens with zero attached hydrogens (tertiary/aromatic N) is 1. The van der Waals surface area contributed by atoms with Gasteiger partial charge in [0.15, 0.2) is 5.78 Å². The largest absolute Gasteiger partial charge is 0.297 e. The summed E-state index contributed by atoms with van der Waals surface area (Å²) in [6.45, 7) is 4.13. The first-order chi connectivity index (χ1) is 12.9. The smallest absolute Gasteiger partial charge is 0.158 e. The van der Waals surface area contributed by atoms with Crippen molar-refractivity contribution < 1.29 is 9.18 Å². The molecule has 3 rings (SSSR count). The number of para-hydroxylation sites is 1. The molecule has 0 radical (unpaired) electrons. The van der Waals surface area contributed by atoms with E-state index in [1.165, 1.54) is 6.07 Å². The van der Waals surface area contributed by atoms with Gasteiger partial charge in [-0.1, -0.05) is 56.3 Å². The molecule has 0 amide bonds. The van der Waals surface area contributed by atoms with Gasteiger partial charge in [-0.3, -0.25) is 9.78 Å². The predicted octanol–water partition coefficient (Wildman–Crippen LogP) is 5.75. The Hall–Kier alpha value is -2.26. The molecule has 27 heavy (non-hydrogen) atoms. The molecule has 0 N–H and O–H groups in total. The van der Waals surface area contributed by atoms with Gasteiger partial charge < -0.3 is 0 Å². The molecule has 0 saturated heterocycles. The number of halogens is 2. The summed E-state index contributed by atoms with van der Waals surface area (Å²) in [6.07, 6.45) is 2.83. The van der Waals surface area contributed by atoms with Crippen molar-refractivity contribution in [1.82, 2.24) is 4.98 Å². The molecule has 1 heterocycles. The van der Waals surface area contributed by atoms with E-state index in [1.54, 1.807) is 18.3 Å². The van der Waals surface area contributed by atoms with Crippen molar-refractivity contribution >= 4 is 28.3 Å². The maximum Gasteiger partial charge on any atom is 0.158 e. The highest BCUT2D eigenvalue weighted by molar-refractivity contribution is 6.35. The lowest BCUT2D eigenvalue weighted by Gasteiger charge is -2.28. The van der Waals surface area contributed by atoms with Crippen LogP contribution >= 0.6 is 11.6 Å². The lowest BCUT2D eigenvalue weighted by molar-refractivity contribution is -0.121. The number of alkyl halides is 1. The van der Waals surface area contributed by atoms with E-state index in [-0.39, 0.29) is 18.0 Å². The summed E-state index contributed by atoms with van der Waals surface area (Å²) in [5.41, 5.74) is 2.11. The molecule has 0 aliphatic carbocycles. The van der Waals surface area contributed by atoms with E-state index in [9.17, 15) is 9.18 Å². The average molecular weight is 384 g/mol. The summed E-state index contributed by atoms with van der Waals surface area (Å²) in [6, 6.07) is 16.5. The minimum Gasteiger partial charge on any atom is -0.297 e. The van der Waals surface area contributed by atoms with Crippen molar-refractivity contribution in [2.24, 2.45) is 5.92 Å². The average Bonchev–Trinajstić information content (AvgIpc) is 2.62. The van der Waals surface area contributed by atoms with Crippen LogP contribution in [0.5, 0.6) is 0 Å². The zero-order valence-corrected chi connectivity index (χ0v) is 16.3. The highest BCUT2D eigenvalue weighted by Gasteiger charge is 2.36. The molecule has 0 spiro atoms. The van der Waals surface area contributed by atoms with Crippen LogP contribution in [0.4, 0.5) is 4.39 Å². The first-order valence-corrected chi connectivity index (χ1v) is 9.54. The van der Waals surface area contributed by atoms with E-state index in [2.05, 4.69) is 18.8 Å². The molecular formula is C23H23ClFNO. The Morgan fingerprint density at radius 3 is 2.56 bits per heavy atom. The van der Waals surface area contributed by atoms with Crippen LogP contribution in [0.2, 0.25) is 0 Å². The van der Waals surface area contributed by atoms with Gasteiger partial charge in [-0.25, -0.2) is 4.39 Å². The van der Waals surface area contributed by atoms with Crippen molar-refractivity contribution in [3.05, 3.63) is 77.7 Å². The summed E-state index contributed by atoms with van der Waals surface area (Å²) in [5, 5.41) is 0.687. The van der Waals surface area contributed by atoms with Crippen molar-refractivity contribution in [2.45, 2.75) is 38.0 Å². The lowest BCUT2D eigenvalue weighted by Crippen LogP contribution is -2.37. The molecule has 1 atom stereocenters. The normalized spacial score (nSPS) is 13.7. The molecule has 2 aromatic carbocycles. The van der Waals surface area contributed by atoms with E-state index >= 15 is 0 Å². The van der Waals surface area contributed by atoms with Crippen molar-refractivity contribution in [3.63, 3.8) is 0 Å². The number of rotatable bonds is 7. The first kappa shape index (κ1) is 19.5. The molecule has 0 saturated carbocycles. The van der Waals surface area contributed by atoms with Gasteiger partial charge in [0.2, 0.25) is 0 Å². The van der Waals surface area contributed by atoms with Gasteiger partial charge >= 0.3 is 0 Å². The zero-order valence-electron chi connectivity index (χ0n) is 15.6. The number of fused-ring (bicyclic) bond motifs is 1. The summed E-state index contributed by atoms with van der Waals surface area (Å²) in [7, 11) is 0. The Morgan fingerprint density at radius 2 is 1.85 bits per heavy atom. The summed E-state index contributed by atoms with van der Waals surface area (Å²) >= 11 is 6.88. The molecule has 4 heteroatoms. The number of carbonyl (C=O) groups excluding carboxylic acids is 1. The quantitative estimate of drug-likeness (QED) is 0.486. The standard InChI is InChI=1S/C23H23ClFNO/c1-16(2)13-23(24,14-17-7-4-3-5-8-17)21(27)12-18-11-19-9-6-10-20(25)22(19)26-15-18/h3-11,15-16H,12-14H2,1-2H3/t23-/m1/s1. The van der Waals surface area contributed by atoms with E-state index in [0.29, 0.717) is 29.7 Å². The maximum atomic E-state index is 13.8. The molecule has 140 valence electrons. The van der Waals surface area contributed by atoms with Gasteiger partial charge in [0, 0.05) is 18.0 Å². The molecule has 0 unspecified atom stereocenters. The number of hydrogen-bond donors (Lipinski definition) is 0. The third-order valence-corrected chi connectivity index (χ3v) is 5.14. The monoisotopic (exact) mass is 383 g/mol. The summed E-state index contributed by atoms with van der Waals surface area (Å²) < 4.78 is 13.8. The summed E-state index contributed by atoms with van der Waals surface area (Å²) in [5.74, 6) is -0.0980. The topological polar surface area (TPSA) is 30.0 Å². The van der Waals surface area contributed by atoms with Gasteiger partial charge in [0.25, 0.3) is 0 Å². The maximum absolute atomic E-state index is 13.8. The first-order valence-electron chi connectivity index (χ1n) is 9.17. The van der Waals surface area contributed by atoms with Gasteiger partial charge in [0.05, 0.1) is 0 Å². The molecule has 2 nitrogen and oxygen atoms in total. The third-order valence-electron chi connectivity index (χ3n) is 4.64. The minimum absolute atomic E-state index is 0.0285. The van der Waals surface area contributed by atoms with Crippen LogP contribution in [0.1, 0.15) is 31.4 Å². The fraction of sp³-hybridized carbons (Fsp3) is 0.304. The highest BCUT2D eigenvalue weighted by Crippen LogP contribution is 2.31. The van der Waals surface area contributed by atoms with Crippen LogP contribution in [-0.4, -0.2) is 15.6 Å². The Labute approximate surface area is 164 Å². The van der Waals surface area contributed by atoms with E-state index in [1.807, 2.05) is 36.4 Å². The summed E-state index contributed by atoms with van der Waals surface area (Å²) in [4.78, 5) is 16.4. The predicted molar refractivity (Wildman–Crippen MR) is 109 cm³/mol. The van der Waals surface area contributed by atoms with Crippen molar-refractivity contribution in [2.75, 3.05) is 0 Å². The Morgan fingerprint density at radius 1 is 1.11 bits per heavy atom. The molecule has 0 fully saturated rings. The number of carbonyl (C=O) groups is 1. The van der Waals surface area contributed by atoms with E-state index < -0.39 is 4.87 Å². The van der Waals surface area contributed by atoms with Crippen molar-refractivity contribution in [3.8, 4) is 0 Å². The van der Waals surface area contributed by atoms with E-state index in [4.69, 9.17) is 11.6 Å². The third kappa shape index (κ3) is 4.72. The number of benzene rings is 2. The van der Waals surface area contributed by atoms with Crippen LogP contribution in [-0.2, 0) is 17.6 Å². The number of pyridine rings is 1. The number of aromatic nitrogens is 1. The van der Waals surface area contributed by atoms with Gasteiger partial charge in [-0.15, -0.1) is 11.6 Å². The number of ketones is 1. The van der Waals surface area contributed by atoms with Crippen LogP contribution in [0, 0.1) is 11.7 Å². The van der Waals surface area contributed by atoms with Crippen LogP contribution in [0.3, 0.4) is 0 Å². The molecular weight excluding hydrogens is 361 g/mol.